The van der Waals surface area contributed by atoms with Crippen LogP contribution in [0.15, 0.2) is 42.7 Å². The lowest BCUT2D eigenvalue weighted by Crippen LogP contribution is -2.43. The van der Waals surface area contributed by atoms with Crippen LogP contribution in [0.3, 0.4) is 0 Å². The highest BCUT2D eigenvalue weighted by atomic mass is 19.4. The van der Waals surface area contributed by atoms with E-state index >= 15 is 0 Å². The fourth-order valence-electron chi connectivity index (χ4n) is 8.39. The number of carbonyl (C=O) groups excluding carboxylic acids is 1. The van der Waals surface area contributed by atoms with Gasteiger partial charge < -0.3 is 14.4 Å². The summed E-state index contributed by atoms with van der Waals surface area (Å²) in [6, 6.07) is 11.0. The quantitative estimate of drug-likeness (QED) is 0.347. The number of likely N-dealkylation sites (tertiary alicyclic amines) is 2. The number of nitriles is 1. The van der Waals surface area contributed by atoms with Gasteiger partial charge in [0.05, 0.1) is 17.5 Å². The van der Waals surface area contributed by atoms with Crippen LogP contribution in [-0.4, -0.2) is 80.7 Å². The van der Waals surface area contributed by atoms with Gasteiger partial charge in [-0.25, -0.2) is 0 Å². The number of amides is 1. The predicted octanol–water partition coefficient (Wildman–Crippen LogP) is 4.77. The number of halogens is 3. The van der Waals surface area contributed by atoms with Gasteiger partial charge in [-0.3, -0.25) is 14.6 Å². The second-order valence-electron chi connectivity index (χ2n) is 13.8. The molecule has 9 nitrogen and oxygen atoms in total. The number of nitrogens with zero attached hydrogens (tertiary/aromatic N) is 8. The van der Waals surface area contributed by atoms with Gasteiger partial charge in [0.25, 0.3) is 5.91 Å². The van der Waals surface area contributed by atoms with E-state index in [0.29, 0.717) is 29.8 Å². The van der Waals surface area contributed by atoms with E-state index < -0.39 is 17.6 Å². The summed E-state index contributed by atoms with van der Waals surface area (Å²) in [5.41, 5.74) is 1.12. The Morgan fingerprint density at radius 2 is 1.93 bits per heavy atom. The smallest absolute Gasteiger partial charge is 0.320 e. The van der Waals surface area contributed by atoms with Crippen molar-refractivity contribution in [3.05, 3.63) is 76.4 Å². The summed E-state index contributed by atoms with van der Waals surface area (Å²) in [7, 11) is 3.86. The first-order valence-electron chi connectivity index (χ1n) is 16.1. The van der Waals surface area contributed by atoms with E-state index in [9.17, 15) is 23.2 Å². The summed E-state index contributed by atoms with van der Waals surface area (Å²) in [4.78, 5) is 21.6. The van der Waals surface area contributed by atoms with Gasteiger partial charge in [0.1, 0.15) is 12.2 Å². The van der Waals surface area contributed by atoms with E-state index in [-0.39, 0.29) is 29.1 Å². The summed E-state index contributed by atoms with van der Waals surface area (Å²) >= 11 is 0. The monoisotopic (exact) mass is 632 g/mol. The third-order valence-electron chi connectivity index (χ3n) is 10.7. The number of anilines is 1. The van der Waals surface area contributed by atoms with Crippen LogP contribution in [0, 0.1) is 17.4 Å². The first-order chi connectivity index (χ1) is 22.0. The highest BCUT2D eigenvalue weighted by molar-refractivity contribution is 6.10. The molecule has 3 fully saturated rings. The topological polar surface area (TPSA) is 84.5 Å². The maximum absolute atomic E-state index is 14.5. The van der Waals surface area contributed by atoms with Crippen molar-refractivity contribution in [2.24, 2.45) is 13.0 Å². The van der Waals surface area contributed by atoms with E-state index in [1.54, 1.807) is 23.4 Å². The van der Waals surface area contributed by atoms with E-state index in [1.807, 2.05) is 36.9 Å². The Balaban J connectivity index is 1.13. The van der Waals surface area contributed by atoms with Crippen molar-refractivity contribution >= 4 is 11.6 Å². The highest BCUT2D eigenvalue weighted by Crippen LogP contribution is 2.52. The molecule has 3 aromatic rings. The predicted molar refractivity (Wildman–Crippen MR) is 166 cm³/mol. The van der Waals surface area contributed by atoms with Gasteiger partial charge in [0.15, 0.2) is 6.19 Å². The van der Waals surface area contributed by atoms with Crippen molar-refractivity contribution < 1.29 is 18.0 Å². The molecule has 1 aromatic heterocycles. The Bertz CT molecular complexity index is 1690. The van der Waals surface area contributed by atoms with Gasteiger partial charge in [-0.1, -0.05) is 19.1 Å². The summed E-state index contributed by atoms with van der Waals surface area (Å²) in [5, 5.41) is 17.7. The number of rotatable bonds is 7. The van der Waals surface area contributed by atoms with Crippen LogP contribution >= 0.6 is 0 Å². The van der Waals surface area contributed by atoms with Crippen LogP contribution in [0.2, 0.25) is 0 Å². The van der Waals surface area contributed by atoms with Gasteiger partial charge in [-0.2, -0.15) is 18.4 Å². The molecule has 242 valence electrons. The minimum absolute atomic E-state index is 0.0323. The largest absolute Gasteiger partial charge is 0.416 e. The molecule has 46 heavy (non-hydrogen) atoms. The van der Waals surface area contributed by atoms with Gasteiger partial charge in [-0.15, -0.1) is 10.2 Å². The Kier molecular flexibility index (Phi) is 7.60. The van der Waals surface area contributed by atoms with Crippen molar-refractivity contribution in [3.8, 4) is 6.19 Å². The average Bonchev–Trinajstić information content (AvgIpc) is 3.82. The molecule has 2 aromatic carbocycles. The molecule has 0 spiro atoms. The van der Waals surface area contributed by atoms with Gasteiger partial charge in [-0.05, 0) is 79.6 Å². The first kappa shape index (κ1) is 30.7. The third kappa shape index (κ3) is 5.23. The number of hydrogen-bond donors (Lipinski definition) is 0. The van der Waals surface area contributed by atoms with Crippen molar-refractivity contribution in [2.75, 3.05) is 38.1 Å². The molecule has 0 N–H and O–H groups in total. The lowest BCUT2D eigenvalue weighted by atomic mass is 9.58. The van der Waals surface area contributed by atoms with Gasteiger partial charge in [0.2, 0.25) is 0 Å². The van der Waals surface area contributed by atoms with E-state index in [1.165, 1.54) is 11.0 Å². The maximum atomic E-state index is 14.5. The lowest BCUT2D eigenvalue weighted by Gasteiger charge is -2.46. The molecule has 12 heteroatoms. The molecule has 1 aliphatic carbocycles. The van der Waals surface area contributed by atoms with Crippen LogP contribution in [-0.2, 0) is 31.7 Å². The number of hydrogen-bond acceptors (Lipinski definition) is 7. The Morgan fingerprint density at radius 1 is 1.13 bits per heavy atom. The zero-order chi connectivity index (χ0) is 32.4. The van der Waals surface area contributed by atoms with Gasteiger partial charge in [0, 0.05) is 63.1 Å². The summed E-state index contributed by atoms with van der Waals surface area (Å²) in [5.74, 6) is 0.935. The minimum Gasteiger partial charge on any atom is -0.320 e. The average molecular weight is 633 g/mol. The molecule has 4 heterocycles. The van der Waals surface area contributed by atoms with E-state index in [4.69, 9.17) is 0 Å². The maximum Gasteiger partial charge on any atom is 0.416 e. The molecule has 4 aliphatic rings. The van der Waals surface area contributed by atoms with Crippen LogP contribution in [0.5, 0.6) is 0 Å². The molecule has 7 rings (SSSR count). The molecule has 3 aliphatic heterocycles. The number of carbonyl (C=O) groups is 1. The second-order valence-corrected chi connectivity index (χ2v) is 13.8. The zero-order valence-corrected chi connectivity index (χ0v) is 26.5. The molecule has 1 saturated carbocycles. The summed E-state index contributed by atoms with van der Waals surface area (Å²) in [6.07, 6.45) is 2.94. The normalized spacial score (nSPS) is 26.6. The number of aromatic nitrogens is 3. The third-order valence-corrected chi connectivity index (χ3v) is 10.7. The zero-order valence-electron chi connectivity index (χ0n) is 26.5. The molecule has 2 atom stereocenters. The fourth-order valence-corrected chi connectivity index (χ4v) is 8.39. The summed E-state index contributed by atoms with van der Waals surface area (Å²) in [6.45, 7) is 5.59. The lowest BCUT2D eigenvalue weighted by molar-refractivity contribution is -0.138. The van der Waals surface area contributed by atoms with E-state index in [0.717, 1.165) is 63.3 Å². The van der Waals surface area contributed by atoms with Crippen LogP contribution < -0.4 is 4.90 Å². The number of aryl methyl sites for hydroxylation is 1. The number of alkyl halides is 3. The van der Waals surface area contributed by atoms with Crippen molar-refractivity contribution in [1.82, 2.24) is 29.5 Å². The van der Waals surface area contributed by atoms with E-state index in [2.05, 4.69) is 33.1 Å². The van der Waals surface area contributed by atoms with Gasteiger partial charge >= 0.3 is 6.18 Å². The first-order valence-corrected chi connectivity index (χ1v) is 16.1. The second kappa shape index (κ2) is 11.4. The SMILES string of the molecule is CC1CC(c2cccc(N3Cc4c(cc(CN(C)[C@H]5CCN([C@H]6CCN(C#N)C6)C5)cc4C(F)(F)F)C3=O)c2)(c2nncn2C)C1. The molecule has 1 amide bonds. The minimum atomic E-state index is -4.59. The van der Waals surface area contributed by atoms with Crippen molar-refractivity contribution in [1.29, 1.82) is 5.26 Å². The van der Waals surface area contributed by atoms with Crippen molar-refractivity contribution in [2.45, 2.75) is 69.4 Å². The molecular formula is C34H39F3N8O. The number of fused-ring (bicyclic) bond motifs is 1. The van der Waals surface area contributed by atoms with Crippen molar-refractivity contribution in [3.63, 3.8) is 0 Å². The molecule has 0 bridgehead atoms. The standard InChI is InChI=1S/C34H39F3N8O/c1-22-14-33(15-22,32-40-39-21-42(32)3)24-5-4-6-25(13-24)45-19-29-28(31(45)46)11-23(12-30(29)34(35,36)37)16-41(2)26-8-10-44(18-26)27-7-9-43(17-27)20-38/h4-6,11-13,21-22,26-27H,7-10,14-19H2,1-3H3/t22?,26-,27-,33?/m0/s1. The van der Waals surface area contributed by atoms with Crippen LogP contribution in [0.1, 0.15) is 71.0 Å². The molecule has 0 unspecified atom stereocenters. The Hall–Kier alpha value is -3.95. The number of likely N-dealkylation sites (N-methyl/N-ethyl adjacent to an activating group) is 1. The molecule has 0 radical (unpaired) electrons. The Labute approximate surface area is 267 Å². The number of benzene rings is 2. The highest BCUT2D eigenvalue weighted by Gasteiger charge is 2.48. The molecule has 2 saturated heterocycles. The van der Waals surface area contributed by atoms with Crippen LogP contribution in [0.4, 0.5) is 18.9 Å². The Morgan fingerprint density at radius 3 is 2.61 bits per heavy atom. The summed E-state index contributed by atoms with van der Waals surface area (Å²) < 4.78 is 45.5. The fraction of sp³-hybridized carbons (Fsp3) is 0.529. The van der Waals surface area contributed by atoms with Crippen LogP contribution in [0.25, 0.3) is 0 Å². The molecular weight excluding hydrogens is 593 g/mol.